The number of fused-ring (bicyclic) bond motifs is 1. The van der Waals surface area contributed by atoms with Crippen LogP contribution in [0.15, 0.2) is 77.7 Å². The highest BCUT2D eigenvalue weighted by molar-refractivity contribution is 8.00. The van der Waals surface area contributed by atoms with E-state index in [1.165, 1.54) is 23.1 Å². The van der Waals surface area contributed by atoms with Gasteiger partial charge in [0.2, 0.25) is 5.91 Å². The Morgan fingerprint density at radius 1 is 0.968 bits per heavy atom. The standard InChI is InChI=1S/C24H21N3O2S2/c1-15-10-12-17(13-11-15)23(29)25-18-6-5-7-19(14-18)30-16(2)22(28)27-24-26-20-8-3-4-9-21(20)31-24/h3-14,16H,1-2H3,(H,25,29)(H,26,27,28). The van der Waals surface area contributed by atoms with Gasteiger partial charge in [0, 0.05) is 16.1 Å². The van der Waals surface area contributed by atoms with Gasteiger partial charge < -0.3 is 10.6 Å². The average Bonchev–Trinajstić information content (AvgIpc) is 3.16. The summed E-state index contributed by atoms with van der Waals surface area (Å²) in [5, 5.41) is 6.09. The maximum atomic E-state index is 12.6. The Kier molecular flexibility index (Phi) is 6.34. The van der Waals surface area contributed by atoms with E-state index >= 15 is 0 Å². The van der Waals surface area contributed by atoms with Crippen LogP contribution in [0.3, 0.4) is 0 Å². The summed E-state index contributed by atoms with van der Waals surface area (Å²) in [5.41, 5.74) is 3.27. The monoisotopic (exact) mass is 447 g/mol. The lowest BCUT2D eigenvalue weighted by molar-refractivity contribution is -0.115. The molecule has 1 aromatic heterocycles. The summed E-state index contributed by atoms with van der Waals surface area (Å²) in [6.45, 7) is 3.83. The molecule has 0 fully saturated rings. The number of hydrogen-bond donors (Lipinski definition) is 2. The topological polar surface area (TPSA) is 71.1 Å². The molecule has 1 unspecified atom stereocenters. The van der Waals surface area contributed by atoms with Crippen LogP contribution < -0.4 is 10.6 Å². The van der Waals surface area contributed by atoms with Crippen molar-refractivity contribution in [2.75, 3.05) is 10.6 Å². The zero-order chi connectivity index (χ0) is 21.8. The van der Waals surface area contributed by atoms with Gasteiger partial charge in [-0.05, 0) is 56.3 Å². The van der Waals surface area contributed by atoms with Gasteiger partial charge in [0.05, 0.1) is 15.5 Å². The van der Waals surface area contributed by atoms with E-state index in [1.807, 2.05) is 74.5 Å². The molecule has 0 aliphatic heterocycles. The Balaban J connectivity index is 1.38. The summed E-state index contributed by atoms with van der Waals surface area (Å²) in [4.78, 5) is 30.4. The van der Waals surface area contributed by atoms with Gasteiger partial charge in [0.1, 0.15) is 0 Å². The number of hydrogen-bond acceptors (Lipinski definition) is 5. The third-order valence-corrected chi connectivity index (χ3v) is 6.66. The van der Waals surface area contributed by atoms with Crippen molar-refractivity contribution in [3.63, 3.8) is 0 Å². The molecule has 4 rings (SSSR count). The SMILES string of the molecule is Cc1ccc(C(=O)Nc2cccc(SC(C)C(=O)Nc3nc4ccccc4s3)c2)cc1. The van der Waals surface area contributed by atoms with Crippen LogP contribution in [0.2, 0.25) is 0 Å². The van der Waals surface area contributed by atoms with E-state index in [1.54, 1.807) is 12.1 Å². The second-order valence-electron chi connectivity index (χ2n) is 7.08. The number of thiazole rings is 1. The van der Waals surface area contributed by atoms with Crippen molar-refractivity contribution in [3.05, 3.63) is 83.9 Å². The number of amides is 2. The predicted octanol–water partition coefficient (Wildman–Crippen LogP) is 5.98. The van der Waals surface area contributed by atoms with Gasteiger partial charge in [-0.25, -0.2) is 4.98 Å². The van der Waals surface area contributed by atoms with Crippen molar-refractivity contribution >= 4 is 55.9 Å². The van der Waals surface area contributed by atoms with Crippen LogP contribution in [0, 0.1) is 6.92 Å². The molecule has 0 saturated carbocycles. The number of aromatic nitrogens is 1. The fourth-order valence-electron chi connectivity index (χ4n) is 2.95. The van der Waals surface area contributed by atoms with E-state index in [0.717, 1.165) is 20.7 Å². The van der Waals surface area contributed by atoms with Crippen LogP contribution in [0.25, 0.3) is 10.2 Å². The van der Waals surface area contributed by atoms with Crippen LogP contribution in [0.5, 0.6) is 0 Å². The molecule has 2 amide bonds. The van der Waals surface area contributed by atoms with E-state index < -0.39 is 0 Å². The van der Waals surface area contributed by atoms with E-state index in [9.17, 15) is 9.59 Å². The van der Waals surface area contributed by atoms with E-state index in [2.05, 4.69) is 15.6 Å². The van der Waals surface area contributed by atoms with Gasteiger partial charge in [0.25, 0.3) is 5.91 Å². The van der Waals surface area contributed by atoms with Gasteiger partial charge in [-0.2, -0.15) is 0 Å². The lowest BCUT2D eigenvalue weighted by Crippen LogP contribution is -2.22. The minimum atomic E-state index is -0.324. The summed E-state index contributed by atoms with van der Waals surface area (Å²) >= 11 is 2.89. The number of carbonyl (C=O) groups is 2. The molecule has 31 heavy (non-hydrogen) atoms. The number of benzene rings is 3. The molecule has 7 heteroatoms. The summed E-state index contributed by atoms with van der Waals surface area (Å²) in [5.74, 6) is -0.276. The smallest absolute Gasteiger partial charge is 0.255 e. The van der Waals surface area contributed by atoms with Crippen molar-refractivity contribution in [3.8, 4) is 0 Å². The van der Waals surface area contributed by atoms with Crippen LogP contribution in [-0.4, -0.2) is 22.0 Å². The zero-order valence-electron chi connectivity index (χ0n) is 17.1. The Labute approximate surface area is 188 Å². The first kappa shape index (κ1) is 21.1. The highest BCUT2D eigenvalue weighted by atomic mass is 32.2. The molecular weight excluding hydrogens is 426 g/mol. The Bertz CT molecular complexity index is 1200. The fourth-order valence-corrected chi connectivity index (χ4v) is 4.74. The molecule has 0 bridgehead atoms. The van der Waals surface area contributed by atoms with Crippen molar-refractivity contribution in [2.45, 2.75) is 24.0 Å². The molecule has 156 valence electrons. The molecule has 0 spiro atoms. The fraction of sp³-hybridized carbons (Fsp3) is 0.125. The quantitative estimate of drug-likeness (QED) is 0.357. The number of thioether (sulfide) groups is 1. The summed E-state index contributed by atoms with van der Waals surface area (Å²) in [6.07, 6.45) is 0. The van der Waals surface area contributed by atoms with Crippen molar-refractivity contribution in [1.29, 1.82) is 0 Å². The molecule has 5 nitrogen and oxygen atoms in total. The van der Waals surface area contributed by atoms with Crippen LogP contribution >= 0.6 is 23.1 Å². The van der Waals surface area contributed by atoms with Crippen LogP contribution in [-0.2, 0) is 4.79 Å². The van der Waals surface area contributed by atoms with Gasteiger partial charge >= 0.3 is 0 Å². The van der Waals surface area contributed by atoms with E-state index in [0.29, 0.717) is 16.4 Å². The third kappa shape index (κ3) is 5.31. The molecule has 0 aliphatic carbocycles. The molecule has 2 N–H and O–H groups in total. The lowest BCUT2D eigenvalue weighted by atomic mass is 10.1. The molecule has 0 radical (unpaired) electrons. The van der Waals surface area contributed by atoms with E-state index in [4.69, 9.17) is 0 Å². The Morgan fingerprint density at radius 2 is 1.74 bits per heavy atom. The highest BCUT2D eigenvalue weighted by Gasteiger charge is 2.17. The average molecular weight is 448 g/mol. The third-order valence-electron chi connectivity index (χ3n) is 4.61. The van der Waals surface area contributed by atoms with Gasteiger partial charge in [-0.15, -0.1) is 11.8 Å². The van der Waals surface area contributed by atoms with Crippen LogP contribution in [0.4, 0.5) is 10.8 Å². The largest absolute Gasteiger partial charge is 0.322 e. The summed E-state index contributed by atoms with van der Waals surface area (Å²) in [6, 6.07) is 22.7. The zero-order valence-corrected chi connectivity index (χ0v) is 18.7. The van der Waals surface area contributed by atoms with Gasteiger partial charge in [0.15, 0.2) is 5.13 Å². The molecule has 1 atom stereocenters. The second kappa shape index (κ2) is 9.32. The first-order valence-corrected chi connectivity index (χ1v) is 11.5. The molecular formula is C24H21N3O2S2. The van der Waals surface area contributed by atoms with E-state index in [-0.39, 0.29) is 17.1 Å². The number of anilines is 2. The Hall–Kier alpha value is -3.16. The Morgan fingerprint density at radius 3 is 2.52 bits per heavy atom. The molecule has 0 aliphatic rings. The van der Waals surface area contributed by atoms with Crippen LogP contribution in [0.1, 0.15) is 22.8 Å². The number of nitrogens with one attached hydrogen (secondary N) is 2. The lowest BCUT2D eigenvalue weighted by Gasteiger charge is -2.12. The minimum Gasteiger partial charge on any atom is -0.322 e. The molecule has 4 aromatic rings. The number of aryl methyl sites for hydroxylation is 1. The normalized spacial score (nSPS) is 11.8. The van der Waals surface area contributed by atoms with Gasteiger partial charge in [-0.1, -0.05) is 47.2 Å². The maximum absolute atomic E-state index is 12.6. The first-order valence-electron chi connectivity index (χ1n) is 9.79. The van der Waals surface area contributed by atoms with Crippen molar-refractivity contribution in [1.82, 2.24) is 4.98 Å². The number of para-hydroxylation sites is 1. The first-order chi connectivity index (χ1) is 15.0. The second-order valence-corrected chi connectivity index (χ2v) is 9.53. The minimum absolute atomic E-state index is 0.113. The number of carbonyl (C=O) groups excluding carboxylic acids is 2. The van der Waals surface area contributed by atoms with Crippen molar-refractivity contribution in [2.24, 2.45) is 0 Å². The molecule has 1 heterocycles. The number of nitrogens with zero attached hydrogens (tertiary/aromatic N) is 1. The molecule has 3 aromatic carbocycles. The summed E-state index contributed by atoms with van der Waals surface area (Å²) in [7, 11) is 0. The maximum Gasteiger partial charge on any atom is 0.255 e. The summed E-state index contributed by atoms with van der Waals surface area (Å²) < 4.78 is 1.04. The number of rotatable bonds is 6. The van der Waals surface area contributed by atoms with Gasteiger partial charge in [-0.3, -0.25) is 9.59 Å². The highest BCUT2D eigenvalue weighted by Crippen LogP contribution is 2.29. The molecule has 0 saturated heterocycles. The van der Waals surface area contributed by atoms with Crippen molar-refractivity contribution < 1.29 is 9.59 Å². The predicted molar refractivity (Wildman–Crippen MR) is 129 cm³/mol.